The van der Waals surface area contributed by atoms with Crippen LogP contribution >= 0.6 is 46.6 Å². The van der Waals surface area contributed by atoms with Crippen LogP contribution in [0, 0.1) is 0 Å². The van der Waals surface area contributed by atoms with E-state index >= 15 is 0 Å². The van der Waals surface area contributed by atoms with Gasteiger partial charge in [-0.25, -0.2) is 4.21 Å². The number of benzene rings is 2. The van der Waals surface area contributed by atoms with Crippen LogP contribution in [0.3, 0.4) is 0 Å². The van der Waals surface area contributed by atoms with Crippen molar-refractivity contribution in [3.63, 3.8) is 0 Å². The number of anilines is 1. The third-order valence-corrected chi connectivity index (χ3v) is 6.31. The molecule has 0 radical (unpaired) electrons. The molecule has 0 aliphatic heterocycles. The minimum Gasteiger partial charge on any atom is -0.286 e. The van der Waals surface area contributed by atoms with Crippen molar-refractivity contribution in [1.29, 1.82) is 0 Å². The first-order chi connectivity index (χ1) is 11.5. The van der Waals surface area contributed by atoms with Gasteiger partial charge < -0.3 is 0 Å². The number of hydrogen-bond acceptors (Lipinski definition) is 2. The maximum atomic E-state index is 13.1. The van der Waals surface area contributed by atoms with Crippen molar-refractivity contribution in [3.8, 4) is 0 Å². The molecule has 2 nitrogen and oxygen atoms in total. The molecule has 7 heteroatoms. The highest BCUT2D eigenvalue weighted by molar-refractivity contribution is 7.98. The van der Waals surface area contributed by atoms with Crippen LogP contribution in [-0.4, -0.2) is 22.8 Å². The molecular formula is C17H18Cl3NOS2. The van der Waals surface area contributed by atoms with E-state index in [9.17, 15) is 4.21 Å². The average molecular weight is 423 g/mol. The summed E-state index contributed by atoms with van der Waals surface area (Å²) in [6.07, 6.45) is 4.05. The van der Waals surface area contributed by atoms with Gasteiger partial charge in [0.15, 0.2) is 11.0 Å². The summed E-state index contributed by atoms with van der Waals surface area (Å²) >= 11 is 20.2. The van der Waals surface area contributed by atoms with Crippen LogP contribution in [0.15, 0.2) is 47.4 Å². The molecule has 2 aromatic carbocycles. The van der Waals surface area contributed by atoms with E-state index in [0.29, 0.717) is 32.2 Å². The maximum absolute atomic E-state index is 13.1. The van der Waals surface area contributed by atoms with Crippen molar-refractivity contribution >= 4 is 63.2 Å². The van der Waals surface area contributed by atoms with Gasteiger partial charge in [-0.05, 0) is 67.3 Å². The number of unbranched alkanes of at least 4 members (excludes halogenated alkanes) is 1. The summed E-state index contributed by atoms with van der Waals surface area (Å²) in [4.78, 5) is 0.681. The third kappa shape index (κ3) is 5.57. The molecule has 1 atom stereocenters. The minimum atomic E-state index is -1.38. The highest BCUT2D eigenvalue weighted by atomic mass is 35.5. The summed E-state index contributed by atoms with van der Waals surface area (Å²) in [7, 11) is -1.38. The molecule has 0 N–H and O–H groups in total. The van der Waals surface area contributed by atoms with E-state index in [1.54, 1.807) is 58.5 Å². The third-order valence-electron chi connectivity index (χ3n) is 3.35. The predicted molar refractivity (Wildman–Crippen MR) is 109 cm³/mol. The summed E-state index contributed by atoms with van der Waals surface area (Å²) in [6.45, 7) is 0.635. The summed E-state index contributed by atoms with van der Waals surface area (Å²) in [5, 5.41) is 1.71. The Labute approximate surface area is 165 Å². The lowest BCUT2D eigenvalue weighted by Crippen LogP contribution is -2.27. The fourth-order valence-electron chi connectivity index (χ4n) is 2.15. The van der Waals surface area contributed by atoms with Gasteiger partial charge in [0.05, 0.1) is 15.6 Å². The molecule has 0 spiro atoms. The number of thioether (sulfide) groups is 1. The van der Waals surface area contributed by atoms with Gasteiger partial charge in [0.25, 0.3) is 0 Å². The zero-order chi connectivity index (χ0) is 17.5. The number of halogens is 3. The fourth-order valence-corrected chi connectivity index (χ4v) is 4.45. The van der Waals surface area contributed by atoms with Crippen molar-refractivity contribution < 1.29 is 4.21 Å². The summed E-state index contributed by atoms with van der Waals surface area (Å²) in [5.74, 6) is 1.07. The Hall–Kier alpha value is -0.390. The van der Waals surface area contributed by atoms with Gasteiger partial charge in [-0.3, -0.25) is 4.31 Å². The van der Waals surface area contributed by atoms with Gasteiger partial charge in [-0.1, -0.05) is 34.8 Å². The molecule has 2 rings (SSSR count). The molecule has 130 valence electrons. The molecule has 0 aliphatic rings. The smallest absolute Gasteiger partial charge is 0.152 e. The van der Waals surface area contributed by atoms with Crippen molar-refractivity contribution in [2.75, 3.05) is 22.9 Å². The molecule has 0 heterocycles. The predicted octanol–water partition coefficient (Wildman–Crippen LogP) is 6.32. The Balaban J connectivity index is 2.29. The molecular weight excluding hydrogens is 405 g/mol. The van der Waals surface area contributed by atoms with Crippen LogP contribution in [-0.2, 0) is 11.0 Å². The largest absolute Gasteiger partial charge is 0.286 e. The lowest BCUT2D eigenvalue weighted by atomic mass is 10.3. The van der Waals surface area contributed by atoms with Gasteiger partial charge in [0.2, 0.25) is 0 Å². The first-order valence-electron chi connectivity index (χ1n) is 7.42. The van der Waals surface area contributed by atoms with Gasteiger partial charge in [-0.15, -0.1) is 0 Å². The van der Waals surface area contributed by atoms with Crippen LogP contribution in [0.25, 0.3) is 0 Å². The molecule has 0 fully saturated rings. The maximum Gasteiger partial charge on any atom is 0.152 e. The van der Waals surface area contributed by atoms with Gasteiger partial charge in [-0.2, -0.15) is 11.8 Å². The molecule has 0 bridgehead atoms. The number of nitrogens with zero attached hydrogens (tertiary/aromatic N) is 1. The monoisotopic (exact) mass is 421 g/mol. The Bertz CT molecular complexity index is 695. The number of hydrogen-bond donors (Lipinski definition) is 0. The van der Waals surface area contributed by atoms with E-state index < -0.39 is 11.0 Å². The van der Waals surface area contributed by atoms with Crippen LogP contribution in [0.5, 0.6) is 0 Å². The zero-order valence-electron chi connectivity index (χ0n) is 13.2. The van der Waals surface area contributed by atoms with E-state index in [-0.39, 0.29) is 0 Å². The lowest BCUT2D eigenvalue weighted by molar-refractivity contribution is 0.676. The topological polar surface area (TPSA) is 20.3 Å². The van der Waals surface area contributed by atoms with Crippen LogP contribution in [0.1, 0.15) is 12.8 Å². The molecule has 2 aromatic rings. The molecule has 0 aliphatic carbocycles. The summed E-state index contributed by atoms with van der Waals surface area (Å²) in [6, 6.07) is 12.2. The number of rotatable bonds is 8. The highest BCUT2D eigenvalue weighted by Crippen LogP contribution is 2.32. The standard InChI is InChI=1S/C17H18Cl3NOS2/c1-23-11-3-2-10-21(17-12-14(19)6-9-16(17)20)24(22)15-7-4-13(18)5-8-15/h4-9,12H,2-3,10-11H2,1H3. The van der Waals surface area contributed by atoms with Crippen molar-refractivity contribution in [3.05, 3.63) is 57.5 Å². The zero-order valence-corrected chi connectivity index (χ0v) is 17.1. The van der Waals surface area contributed by atoms with E-state index in [2.05, 4.69) is 6.26 Å². The molecule has 1 unspecified atom stereocenters. The Morgan fingerprint density at radius 1 is 1.00 bits per heavy atom. The molecule has 0 aromatic heterocycles. The van der Waals surface area contributed by atoms with E-state index in [0.717, 1.165) is 18.6 Å². The lowest BCUT2D eigenvalue weighted by Gasteiger charge is -2.24. The van der Waals surface area contributed by atoms with Crippen LogP contribution in [0.2, 0.25) is 15.1 Å². The highest BCUT2D eigenvalue weighted by Gasteiger charge is 2.19. The molecule has 0 saturated carbocycles. The van der Waals surface area contributed by atoms with E-state index in [1.807, 2.05) is 0 Å². The minimum absolute atomic E-state index is 0.534. The average Bonchev–Trinajstić information content (AvgIpc) is 2.58. The first-order valence-corrected chi connectivity index (χ1v) is 11.1. The van der Waals surface area contributed by atoms with Gasteiger partial charge >= 0.3 is 0 Å². The van der Waals surface area contributed by atoms with Crippen molar-refractivity contribution in [2.24, 2.45) is 0 Å². The Morgan fingerprint density at radius 3 is 2.33 bits per heavy atom. The molecule has 0 amide bonds. The van der Waals surface area contributed by atoms with Crippen molar-refractivity contribution in [2.45, 2.75) is 17.7 Å². The second kappa shape index (κ2) is 9.93. The summed E-state index contributed by atoms with van der Waals surface area (Å²) in [5.41, 5.74) is 0.682. The Kier molecular flexibility index (Phi) is 8.24. The Morgan fingerprint density at radius 2 is 1.67 bits per heavy atom. The van der Waals surface area contributed by atoms with Crippen molar-refractivity contribution in [1.82, 2.24) is 0 Å². The SMILES string of the molecule is CSCCCCN(c1cc(Cl)ccc1Cl)S(=O)c1ccc(Cl)cc1. The first kappa shape index (κ1) is 19.9. The van der Waals surface area contributed by atoms with Crippen LogP contribution in [0.4, 0.5) is 5.69 Å². The quantitative estimate of drug-likeness (QED) is 0.464. The second-order valence-corrected chi connectivity index (χ2v) is 8.78. The van der Waals surface area contributed by atoms with E-state index in [1.165, 1.54) is 0 Å². The van der Waals surface area contributed by atoms with Gasteiger partial charge in [0.1, 0.15) is 0 Å². The van der Waals surface area contributed by atoms with Gasteiger partial charge in [0, 0.05) is 16.6 Å². The fraction of sp³-hybridized carbons (Fsp3) is 0.294. The van der Waals surface area contributed by atoms with E-state index in [4.69, 9.17) is 34.8 Å². The van der Waals surface area contributed by atoms with Crippen LogP contribution < -0.4 is 4.31 Å². The second-order valence-electron chi connectivity index (χ2n) is 5.10. The normalized spacial score (nSPS) is 12.2. The molecule has 0 saturated heterocycles. The molecule has 24 heavy (non-hydrogen) atoms. The summed E-state index contributed by atoms with van der Waals surface area (Å²) < 4.78 is 14.9.